The van der Waals surface area contributed by atoms with E-state index in [1.165, 1.54) is 27.8 Å². The number of benzene rings is 2. The number of hydrogen-bond acceptors (Lipinski definition) is 5. The van der Waals surface area contributed by atoms with Gasteiger partial charge in [0.15, 0.2) is 0 Å². The fourth-order valence-corrected chi connectivity index (χ4v) is 5.42. The molecular formula is C30H35FN4O. The molecule has 0 bridgehead atoms. The van der Waals surface area contributed by atoms with Crippen LogP contribution in [0.3, 0.4) is 0 Å². The number of nitrogens with zero attached hydrogens (tertiary/aromatic N) is 2. The molecule has 1 unspecified atom stereocenters. The first-order chi connectivity index (χ1) is 17.6. The van der Waals surface area contributed by atoms with Crippen LogP contribution in [0.15, 0.2) is 60.8 Å². The molecule has 5 nitrogen and oxygen atoms in total. The zero-order chi connectivity index (χ0) is 24.9. The molecule has 36 heavy (non-hydrogen) atoms. The Balaban J connectivity index is 1.46. The van der Waals surface area contributed by atoms with Gasteiger partial charge in [-0.3, -0.25) is 9.29 Å². The summed E-state index contributed by atoms with van der Waals surface area (Å²) >= 11 is 0. The summed E-state index contributed by atoms with van der Waals surface area (Å²) in [6, 6.07) is 19.0. The summed E-state index contributed by atoms with van der Waals surface area (Å²) in [5.74, 6) is 1.74. The molecule has 0 amide bonds. The molecule has 188 valence electrons. The average Bonchev–Trinajstić information content (AvgIpc) is 3.26. The van der Waals surface area contributed by atoms with Crippen LogP contribution < -0.4 is 15.8 Å². The SMILES string of the molecule is CNc1ccc(C2=C(c3ccc(OC4CCN(CCCF)C4)cc3)c3ccc(N)cc3CCC2)cn1. The predicted molar refractivity (Wildman–Crippen MR) is 146 cm³/mol. The molecular weight excluding hydrogens is 451 g/mol. The van der Waals surface area contributed by atoms with Crippen LogP contribution in [0.25, 0.3) is 11.1 Å². The number of ether oxygens (including phenoxy) is 1. The second kappa shape index (κ2) is 11.1. The smallest absolute Gasteiger partial charge is 0.125 e. The fraction of sp³-hybridized carbons (Fsp3) is 0.367. The molecule has 2 aromatic carbocycles. The molecule has 0 spiro atoms. The first-order valence-corrected chi connectivity index (χ1v) is 13.0. The van der Waals surface area contributed by atoms with E-state index in [4.69, 9.17) is 10.5 Å². The molecule has 1 fully saturated rings. The van der Waals surface area contributed by atoms with Crippen LogP contribution in [0.2, 0.25) is 0 Å². The lowest BCUT2D eigenvalue weighted by molar-refractivity contribution is 0.198. The molecule has 1 aliphatic heterocycles. The average molecular weight is 487 g/mol. The molecule has 3 N–H and O–H groups in total. The van der Waals surface area contributed by atoms with Gasteiger partial charge in [0, 0.05) is 38.6 Å². The maximum atomic E-state index is 12.5. The molecule has 1 atom stereocenters. The van der Waals surface area contributed by atoms with E-state index in [1.807, 2.05) is 25.4 Å². The van der Waals surface area contributed by atoms with Crippen molar-refractivity contribution in [3.8, 4) is 5.75 Å². The van der Waals surface area contributed by atoms with Crippen molar-refractivity contribution < 1.29 is 9.13 Å². The number of aryl methyl sites for hydroxylation is 1. The van der Waals surface area contributed by atoms with Crippen LogP contribution in [0, 0.1) is 0 Å². The number of anilines is 2. The van der Waals surface area contributed by atoms with Crippen molar-refractivity contribution in [2.24, 2.45) is 0 Å². The van der Waals surface area contributed by atoms with Gasteiger partial charge < -0.3 is 15.8 Å². The lowest BCUT2D eigenvalue weighted by Crippen LogP contribution is -2.26. The lowest BCUT2D eigenvalue weighted by atomic mass is 9.88. The minimum absolute atomic E-state index is 0.156. The third-order valence-electron chi connectivity index (χ3n) is 7.22. The highest BCUT2D eigenvalue weighted by atomic mass is 19.1. The lowest BCUT2D eigenvalue weighted by Gasteiger charge is -2.19. The number of allylic oxidation sites excluding steroid dienone is 1. The molecule has 0 saturated carbocycles. The van der Waals surface area contributed by atoms with Crippen molar-refractivity contribution in [1.29, 1.82) is 0 Å². The Kier molecular flexibility index (Phi) is 7.52. The van der Waals surface area contributed by atoms with Crippen molar-refractivity contribution in [1.82, 2.24) is 9.88 Å². The number of alkyl halides is 1. The molecule has 5 rings (SSSR count). The topological polar surface area (TPSA) is 63.4 Å². The van der Waals surface area contributed by atoms with Crippen LogP contribution in [-0.2, 0) is 6.42 Å². The van der Waals surface area contributed by atoms with Crippen LogP contribution in [-0.4, -0.2) is 49.3 Å². The van der Waals surface area contributed by atoms with Crippen LogP contribution in [0.4, 0.5) is 15.9 Å². The van der Waals surface area contributed by atoms with Gasteiger partial charge in [0.2, 0.25) is 0 Å². The maximum absolute atomic E-state index is 12.5. The number of hydrogen-bond donors (Lipinski definition) is 2. The number of aromatic nitrogens is 1. The van der Waals surface area contributed by atoms with E-state index in [0.29, 0.717) is 6.42 Å². The normalized spacial score (nSPS) is 18.1. The first kappa shape index (κ1) is 24.3. The highest BCUT2D eigenvalue weighted by molar-refractivity contribution is 6.00. The van der Waals surface area contributed by atoms with Crippen molar-refractivity contribution in [3.63, 3.8) is 0 Å². The third kappa shape index (κ3) is 5.39. The van der Waals surface area contributed by atoms with Crippen molar-refractivity contribution in [2.45, 2.75) is 38.2 Å². The first-order valence-electron chi connectivity index (χ1n) is 13.0. The number of nitrogen functional groups attached to an aromatic ring is 1. The van der Waals surface area contributed by atoms with Gasteiger partial charge in [-0.25, -0.2) is 4.98 Å². The Morgan fingerprint density at radius 3 is 2.67 bits per heavy atom. The summed E-state index contributed by atoms with van der Waals surface area (Å²) in [5, 5.41) is 3.11. The molecule has 1 saturated heterocycles. The van der Waals surface area contributed by atoms with Gasteiger partial charge in [0.1, 0.15) is 17.7 Å². The Morgan fingerprint density at radius 2 is 1.92 bits per heavy atom. The Labute approximate surface area is 213 Å². The van der Waals surface area contributed by atoms with E-state index in [0.717, 1.165) is 68.1 Å². The maximum Gasteiger partial charge on any atom is 0.125 e. The van der Waals surface area contributed by atoms with Gasteiger partial charge in [0.25, 0.3) is 0 Å². The van der Waals surface area contributed by atoms with Crippen molar-refractivity contribution in [2.75, 3.05) is 44.4 Å². The van der Waals surface area contributed by atoms with Gasteiger partial charge in [-0.15, -0.1) is 0 Å². The second-order valence-electron chi connectivity index (χ2n) is 9.70. The number of halogens is 1. The largest absolute Gasteiger partial charge is 0.489 e. The summed E-state index contributed by atoms with van der Waals surface area (Å²) < 4.78 is 18.8. The molecule has 0 radical (unpaired) electrons. The number of pyridine rings is 1. The van der Waals surface area contributed by atoms with Crippen LogP contribution >= 0.6 is 0 Å². The molecule has 2 aliphatic rings. The summed E-state index contributed by atoms with van der Waals surface area (Å²) in [7, 11) is 1.88. The molecule has 1 aliphatic carbocycles. The van der Waals surface area contributed by atoms with Gasteiger partial charge >= 0.3 is 0 Å². The number of nitrogens with two attached hydrogens (primary N) is 1. The zero-order valence-corrected chi connectivity index (χ0v) is 21.0. The third-order valence-corrected chi connectivity index (χ3v) is 7.22. The number of fused-ring (bicyclic) bond motifs is 1. The van der Waals surface area contributed by atoms with Gasteiger partial charge in [-0.2, -0.15) is 0 Å². The summed E-state index contributed by atoms with van der Waals surface area (Å²) in [4.78, 5) is 6.88. The second-order valence-corrected chi connectivity index (χ2v) is 9.70. The highest BCUT2D eigenvalue weighted by Gasteiger charge is 2.24. The predicted octanol–water partition coefficient (Wildman–Crippen LogP) is 5.81. The number of rotatable bonds is 8. The fourth-order valence-electron chi connectivity index (χ4n) is 5.42. The summed E-state index contributed by atoms with van der Waals surface area (Å²) in [6.07, 6.45) is 6.73. The zero-order valence-electron chi connectivity index (χ0n) is 21.0. The van der Waals surface area contributed by atoms with E-state index >= 15 is 0 Å². The molecule has 3 aromatic rings. The number of nitrogens with one attached hydrogen (secondary N) is 1. The quantitative estimate of drug-likeness (QED) is 0.393. The Hall–Kier alpha value is -3.38. The molecule has 1 aromatic heterocycles. The molecule has 6 heteroatoms. The van der Waals surface area contributed by atoms with Crippen LogP contribution in [0.5, 0.6) is 5.75 Å². The standard InChI is InChI=1S/C30H35FN4O/c1-33-29-13-8-23(19-34-29)27-5-2-4-22-18-24(32)9-12-28(22)30(27)21-6-10-25(11-7-21)36-26-14-17-35(20-26)16-3-15-31/h6-13,18-19,26H,2-5,14-17,20,32H2,1H3,(H,33,34). The molecule has 2 heterocycles. The van der Waals surface area contributed by atoms with Crippen LogP contribution in [0.1, 0.15) is 47.9 Å². The van der Waals surface area contributed by atoms with Gasteiger partial charge in [-0.1, -0.05) is 18.2 Å². The monoisotopic (exact) mass is 486 g/mol. The Morgan fingerprint density at radius 1 is 1.08 bits per heavy atom. The van der Waals surface area contributed by atoms with E-state index in [9.17, 15) is 4.39 Å². The van der Waals surface area contributed by atoms with Crippen molar-refractivity contribution >= 4 is 22.7 Å². The number of likely N-dealkylation sites (tertiary alicyclic amines) is 1. The van der Waals surface area contributed by atoms with E-state index < -0.39 is 0 Å². The summed E-state index contributed by atoms with van der Waals surface area (Å²) in [6.45, 7) is 2.38. The van der Waals surface area contributed by atoms with Crippen molar-refractivity contribution in [3.05, 3.63) is 83.0 Å². The van der Waals surface area contributed by atoms with E-state index in [1.54, 1.807) is 0 Å². The minimum atomic E-state index is -0.257. The Bertz CT molecular complexity index is 1210. The minimum Gasteiger partial charge on any atom is -0.489 e. The van der Waals surface area contributed by atoms with Gasteiger partial charge in [-0.05, 0) is 102 Å². The summed E-state index contributed by atoms with van der Waals surface area (Å²) in [5.41, 5.74) is 14.4. The van der Waals surface area contributed by atoms with E-state index in [2.05, 4.69) is 57.7 Å². The van der Waals surface area contributed by atoms with Gasteiger partial charge in [0.05, 0.1) is 6.67 Å². The van der Waals surface area contributed by atoms with E-state index in [-0.39, 0.29) is 12.8 Å². The highest BCUT2D eigenvalue weighted by Crippen LogP contribution is 2.40.